The number of hydrogen-bond acceptors (Lipinski definition) is 3. The summed E-state index contributed by atoms with van der Waals surface area (Å²) in [5.74, 6) is 0. The van der Waals surface area contributed by atoms with E-state index in [2.05, 4.69) is 21.8 Å². The van der Waals surface area contributed by atoms with E-state index in [1.165, 1.54) is 11.1 Å². The second kappa shape index (κ2) is 6.47. The van der Waals surface area contributed by atoms with E-state index in [0.717, 1.165) is 19.6 Å². The first-order valence-electron chi connectivity index (χ1n) is 5.99. The zero-order valence-electron chi connectivity index (χ0n) is 10.4. The van der Waals surface area contributed by atoms with Crippen LogP contribution in [0.5, 0.6) is 0 Å². The molecule has 0 aromatic carbocycles. The van der Waals surface area contributed by atoms with Crippen molar-refractivity contribution in [3.63, 3.8) is 0 Å². The third-order valence-electron chi connectivity index (χ3n) is 2.80. The average molecular weight is 262 g/mol. The lowest BCUT2D eigenvalue weighted by Gasteiger charge is -2.20. The molecule has 0 spiro atoms. The molecule has 0 N–H and O–H groups in total. The minimum atomic E-state index is 0.538. The summed E-state index contributed by atoms with van der Waals surface area (Å²) < 4.78 is 0. The Morgan fingerprint density at radius 3 is 2.39 bits per heavy atom. The van der Waals surface area contributed by atoms with Crippen molar-refractivity contribution in [3.05, 3.63) is 59.1 Å². The fraction of sp³-hybridized carbons (Fsp3) is 0.286. The molecule has 2 aromatic heterocycles. The van der Waals surface area contributed by atoms with E-state index in [9.17, 15) is 0 Å². The number of nitrogens with zero attached hydrogens (tertiary/aromatic N) is 3. The number of halogens is 1. The fourth-order valence-electron chi connectivity index (χ4n) is 1.78. The lowest BCUT2D eigenvalue weighted by molar-refractivity contribution is 0.271. The molecule has 2 heterocycles. The molecule has 0 amide bonds. The molecule has 0 fully saturated rings. The quantitative estimate of drug-likeness (QED) is 0.775. The van der Waals surface area contributed by atoms with Crippen molar-refractivity contribution in [1.29, 1.82) is 0 Å². The predicted octanol–water partition coefficient (Wildman–Crippen LogP) is 3.15. The SMILES string of the molecule is CCN(Cc1ccncc1)Cc1ccc(Cl)nc1. The minimum Gasteiger partial charge on any atom is -0.295 e. The van der Waals surface area contributed by atoms with Crippen molar-refractivity contribution in [1.82, 2.24) is 14.9 Å². The van der Waals surface area contributed by atoms with Gasteiger partial charge in [0.05, 0.1) is 0 Å². The van der Waals surface area contributed by atoms with Gasteiger partial charge in [0, 0.05) is 31.7 Å². The van der Waals surface area contributed by atoms with Gasteiger partial charge in [0.15, 0.2) is 0 Å². The fourth-order valence-corrected chi connectivity index (χ4v) is 1.90. The van der Waals surface area contributed by atoms with Gasteiger partial charge in [-0.25, -0.2) is 4.98 Å². The van der Waals surface area contributed by atoms with E-state index in [4.69, 9.17) is 11.6 Å². The third kappa shape index (κ3) is 3.79. The molecule has 0 bridgehead atoms. The molecule has 0 atom stereocenters. The Balaban J connectivity index is 1.99. The molecule has 0 aliphatic heterocycles. The molecule has 4 heteroatoms. The molecule has 3 nitrogen and oxygen atoms in total. The molecule has 0 unspecified atom stereocenters. The third-order valence-corrected chi connectivity index (χ3v) is 3.02. The molecule has 0 saturated carbocycles. The topological polar surface area (TPSA) is 29.0 Å². The molecule has 0 aliphatic rings. The highest BCUT2D eigenvalue weighted by molar-refractivity contribution is 6.29. The molecule has 2 rings (SSSR count). The van der Waals surface area contributed by atoms with Crippen LogP contribution in [0.3, 0.4) is 0 Å². The summed E-state index contributed by atoms with van der Waals surface area (Å²) in [5.41, 5.74) is 2.45. The van der Waals surface area contributed by atoms with Gasteiger partial charge in [-0.1, -0.05) is 24.6 Å². The molecular weight excluding hydrogens is 246 g/mol. The summed E-state index contributed by atoms with van der Waals surface area (Å²) >= 11 is 5.78. The largest absolute Gasteiger partial charge is 0.295 e. The van der Waals surface area contributed by atoms with Gasteiger partial charge < -0.3 is 0 Å². The van der Waals surface area contributed by atoms with Crippen LogP contribution in [0, 0.1) is 0 Å². The van der Waals surface area contributed by atoms with Gasteiger partial charge in [0.2, 0.25) is 0 Å². The van der Waals surface area contributed by atoms with Gasteiger partial charge in [-0.15, -0.1) is 0 Å². The Hall–Kier alpha value is -1.45. The van der Waals surface area contributed by atoms with Crippen molar-refractivity contribution in [3.8, 4) is 0 Å². The highest BCUT2D eigenvalue weighted by Crippen LogP contribution is 2.10. The van der Waals surface area contributed by atoms with Crippen LogP contribution in [-0.2, 0) is 13.1 Å². The van der Waals surface area contributed by atoms with Gasteiger partial charge in [-0.3, -0.25) is 9.88 Å². The molecule has 18 heavy (non-hydrogen) atoms. The van der Waals surface area contributed by atoms with Crippen LogP contribution in [0.15, 0.2) is 42.9 Å². The van der Waals surface area contributed by atoms with Gasteiger partial charge in [-0.05, 0) is 35.9 Å². The van der Waals surface area contributed by atoms with Gasteiger partial charge in [-0.2, -0.15) is 0 Å². The predicted molar refractivity (Wildman–Crippen MR) is 73.3 cm³/mol. The maximum atomic E-state index is 5.78. The molecular formula is C14H16ClN3. The standard InChI is InChI=1S/C14H16ClN3/c1-2-18(10-12-5-7-16-8-6-12)11-13-3-4-14(15)17-9-13/h3-9H,2,10-11H2,1H3. The van der Waals surface area contributed by atoms with Gasteiger partial charge >= 0.3 is 0 Å². The summed E-state index contributed by atoms with van der Waals surface area (Å²) in [6.07, 6.45) is 5.48. The number of rotatable bonds is 5. The first-order valence-corrected chi connectivity index (χ1v) is 6.37. The second-order valence-corrected chi connectivity index (χ2v) is 4.54. The van der Waals surface area contributed by atoms with Crippen LogP contribution in [0.1, 0.15) is 18.1 Å². The number of aromatic nitrogens is 2. The Morgan fingerprint density at radius 1 is 1.06 bits per heavy atom. The van der Waals surface area contributed by atoms with E-state index in [1.807, 2.05) is 42.9 Å². The zero-order valence-corrected chi connectivity index (χ0v) is 11.1. The first kappa shape index (κ1) is 13.0. The average Bonchev–Trinajstić information content (AvgIpc) is 2.41. The Kier molecular flexibility index (Phi) is 4.67. The van der Waals surface area contributed by atoms with Crippen molar-refractivity contribution in [2.75, 3.05) is 6.54 Å². The van der Waals surface area contributed by atoms with Crippen molar-refractivity contribution >= 4 is 11.6 Å². The number of pyridine rings is 2. The lowest BCUT2D eigenvalue weighted by Crippen LogP contribution is -2.22. The van der Waals surface area contributed by atoms with Crippen LogP contribution in [-0.4, -0.2) is 21.4 Å². The summed E-state index contributed by atoms with van der Waals surface area (Å²) in [7, 11) is 0. The van der Waals surface area contributed by atoms with Crippen LogP contribution in [0.25, 0.3) is 0 Å². The highest BCUT2D eigenvalue weighted by Gasteiger charge is 2.05. The van der Waals surface area contributed by atoms with E-state index in [0.29, 0.717) is 5.15 Å². The number of hydrogen-bond donors (Lipinski definition) is 0. The Bertz CT molecular complexity index is 470. The Morgan fingerprint density at radius 2 is 1.78 bits per heavy atom. The monoisotopic (exact) mass is 261 g/mol. The smallest absolute Gasteiger partial charge is 0.129 e. The maximum Gasteiger partial charge on any atom is 0.129 e. The lowest BCUT2D eigenvalue weighted by atomic mass is 10.2. The van der Waals surface area contributed by atoms with Crippen molar-refractivity contribution in [2.45, 2.75) is 20.0 Å². The van der Waals surface area contributed by atoms with E-state index in [1.54, 1.807) is 0 Å². The molecule has 0 aliphatic carbocycles. The van der Waals surface area contributed by atoms with Gasteiger partial charge in [0.1, 0.15) is 5.15 Å². The van der Waals surface area contributed by atoms with E-state index in [-0.39, 0.29) is 0 Å². The summed E-state index contributed by atoms with van der Waals surface area (Å²) in [5, 5.41) is 0.538. The second-order valence-electron chi connectivity index (χ2n) is 4.15. The van der Waals surface area contributed by atoms with E-state index >= 15 is 0 Å². The van der Waals surface area contributed by atoms with Crippen LogP contribution in [0.4, 0.5) is 0 Å². The summed E-state index contributed by atoms with van der Waals surface area (Å²) in [6.45, 7) is 4.94. The minimum absolute atomic E-state index is 0.538. The Labute approximate surface area is 112 Å². The highest BCUT2D eigenvalue weighted by atomic mass is 35.5. The molecule has 0 saturated heterocycles. The van der Waals surface area contributed by atoms with Crippen LogP contribution >= 0.6 is 11.6 Å². The van der Waals surface area contributed by atoms with Crippen LogP contribution in [0.2, 0.25) is 5.15 Å². The van der Waals surface area contributed by atoms with E-state index < -0.39 is 0 Å². The zero-order chi connectivity index (χ0) is 12.8. The normalized spacial score (nSPS) is 10.8. The van der Waals surface area contributed by atoms with Gasteiger partial charge in [0.25, 0.3) is 0 Å². The molecule has 2 aromatic rings. The first-order chi connectivity index (χ1) is 8.78. The van der Waals surface area contributed by atoms with Crippen molar-refractivity contribution in [2.24, 2.45) is 0 Å². The van der Waals surface area contributed by atoms with Crippen molar-refractivity contribution < 1.29 is 0 Å². The summed E-state index contributed by atoms with van der Waals surface area (Å²) in [6, 6.07) is 7.94. The molecule has 0 radical (unpaired) electrons. The molecule has 94 valence electrons. The summed E-state index contributed by atoms with van der Waals surface area (Å²) in [4.78, 5) is 10.5. The van der Waals surface area contributed by atoms with Crippen LogP contribution < -0.4 is 0 Å². The maximum absolute atomic E-state index is 5.78.